The van der Waals surface area contributed by atoms with Crippen molar-refractivity contribution in [2.24, 2.45) is 17.8 Å². The molecule has 0 aromatic rings. The van der Waals surface area contributed by atoms with Gasteiger partial charge in [0.2, 0.25) is 0 Å². The molecule has 0 aliphatic carbocycles. The number of ketones is 1. The normalized spacial score (nSPS) is 11.0. The third-order valence-electron chi connectivity index (χ3n) is 9.11. The van der Waals surface area contributed by atoms with Gasteiger partial charge in [0.15, 0.2) is 5.78 Å². The minimum absolute atomic E-state index is 0. The number of methoxy groups -OCH3 is 2. The van der Waals surface area contributed by atoms with Gasteiger partial charge < -0.3 is 40.7 Å². The van der Waals surface area contributed by atoms with Crippen LogP contribution in [0.25, 0.3) is 0 Å². The van der Waals surface area contributed by atoms with E-state index < -0.39 is 0 Å². The Bertz CT molecular complexity index is 840. The summed E-state index contributed by atoms with van der Waals surface area (Å²) < 4.78 is 25.9. The number of unbranched alkanes of at least 4 members (excludes halogenated alkanes) is 13. The van der Waals surface area contributed by atoms with Crippen LogP contribution >= 0.6 is 0 Å². The molecule has 10 nitrogen and oxygen atoms in total. The third-order valence-corrected chi connectivity index (χ3v) is 9.11. The van der Waals surface area contributed by atoms with Crippen LogP contribution in [-0.4, -0.2) is 84.2 Å². The number of hydrogen-bond donors (Lipinski definition) is 0. The Morgan fingerprint density at radius 2 is 1.08 bits per heavy atom. The van der Waals surface area contributed by atoms with E-state index in [2.05, 4.69) is 41.5 Å². The van der Waals surface area contributed by atoms with Crippen LogP contribution in [0.15, 0.2) is 0 Å². The number of rotatable bonds is 35. The number of aldehydes is 2. The van der Waals surface area contributed by atoms with Crippen molar-refractivity contribution in [2.75, 3.05) is 53.9 Å². The summed E-state index contributed by atoms with van der Waals surface area (Å²) >= 11 is 0. The maximum atomic E-state index is 12.3. The Kier molecular flexibility index (Phi) is 92.5. The van der Waals surface area contributed by atoms with Crippen molar-refractivity contribution in [3.63, 3.8) is 0 Å². The first-order valence-electron chi connectivity index (χ1n) is 24.2. The summed E-state index contributed by atoms with van der Waals surface area (Å²) in [5.74, 6) is 0.481. The monoisotopic (exact) mass is 1070 g/mol. The fourth-order valence-corrected chi connectivity index (χ4v) is 5.22. The van der Waals surface area contributed by atoms with E-state index in [1.807, 2.05) is 27.7 Å². The topological polar surface area (TPSA) is 132 Å². The summed E-state index contributed by atoms with van der Waals surface area (Å²) in [5.41, 5.74) is 0. The first-order chi connectivity index (χ1) is 29.0. The van der Waals surface area contributed by atoms with Crippen LogP contribution in [-0.2, 0) is 67.4 Å². The SMILES string of the molecule is CC.CCC=O.CCCCCCCCC(=O)OCC(COC)CC(=O)OCC(CCCC)C(C)CC.CCCCCCCCC=O.CCCCOC.CCCOCC(C)=O.[CH3-].[Os+]. The van der Waals surface area contributed by atoms with Gasteiger partial charge in [-0.05, 0) is 50.9 Å². The average Bonchev–Trinajstić information content (AvgIpc) is 3.25. The minimum atomic E-state index is -0.228. The fourth-order valence-electron chi connectivity index (χ4n) is 5.22. The van der Waals surface area contributed by atoms with Gasteiger partial charge in [-0.2, -0.15) is 0 Å². The van der Waals surface area contributed by atoms with Crippen LogP contribution in [0.5, 0.6) is 0 Å². The summed E-state index contributed by atoms with van der Waals surface area (Å²) in [7, 11) is 3.33. The van der Waals surface area contributed by atoms with Crippen molar-refractivity contribution < 1.29 is 67.4 Å². The second-order valence-corrected chi connectivity index (χ2v) is 15.1. The molecule has 0 spiro atoms. The zero-order valence-electron chi connectivity index (χ0n) is 43.3. The van der Waals surface area contributed by atoms with E-state index in [-0.39, 0.29) is 70.5 Å². The zero-order chi connectivity index (χ0) is 46.9. The number of hydrogen-bond acceptors (Lipinski definition) is 10. The summed E-state index contributed by atoms with van der Waals surface area (Å²) in [6.45, 7) is 25.4. The summed E-state index contributed by atoms with van der Waals surface area (Å²) in [4.78, 5) is 53.6. The van der Waals surface area contributed by atoms with E-state index >= 15 is 0 Å². The van der Waals surface area contributed by atoms with Gasteiger partial charge in [-0.3, -0.25) is 14.4 Å². The summed E-state index contributed by atoms with van der Waals surface area (Å²) in [5, 5.41) is 0. The van der Waals surface area contributed by atoms with Gasteiger partial charge in [0.25, 0.3) is 0 Å². The van der Waals surface area contributed by atoms with Crippen molar-refractivity contribution in [3.8, 4) is 0 Å². The third kappa shape index (κ3) is 78.9. The first kappa shape index (κ1) is 77.7. The number of ether oxygens (including phenoxy) is 5. The molecule has 62 heavy (non-hydrogen) atoms. The Hall–Kier alpha value is -1.53. The van der Waals surface area contributed by atoms with Crippen LogP contribution in [0.3, 0.4) is 0 Å². The minimum Gasteiger partial charge on any atom is -0.465 e. The summed E-state index contributed by atoms with van der Waals surface area (Å²) in [6, 6.07) is 0. The predicted molar refractivity (Wildman–Crippen MR) is 259 cm³/mol. The molecule has 0 aliphatic rings. The molecule has 0 fully saturated rings. The van der Waals surface area contributed by atoms with Crippen molar-refractivity contribution >= 4 is 30.3 Å². The molecule has 0 bridgehead atoms. The van der Waals surface area contributed by atoms with Gasteiger partial charge in [0.1, 0.15) is 19.2 Å². The zero-order valence-corrected chi connectivity index (χ0v) is 45.9. The molecule has 0 aliphatic heterocycles. The maximum absolute atomic E-state index is 12.3. The van der Waals surface area contributed by atoms with Crippen LogP contribution in [0.4, 0.5) is 0 Å². The Labute approximate surface area is 399 Å². The van der Waals surface area contributed by atoms with E-state index in [0.717, 1.165) is 77.0 Å². The Morgan fingerprint density at radius 3 is 1.50 bits per heavy atom. The van der Waals surface area contributed by atoms with Crippen molar-refractivity contribution in [2.45, 2.75) is 224 Å². The summed E-state index contributed by atoms with van der Waals surface area (Å²) in [6.07, 6.45) is 26.3. The molecule has 377 valence electrons. The van der Waals surface area contributed by atoms with E-state index in [1.54, 1.807) is 14.2 Å². The van der Waals surface area contributed by atoms with Gasteiger partial charge in [0, 0.05) is 52.6 Å². The number of carbonyl (C=O) groups excluding carboxylic acids is 5. The largest absolute Gasteiger partial charge is 1.00 e. The quantitative estimate of drug-likeness (QED) is 0.0262. The molecule has 0 aromatic carbocycles. The van der Waals surface area contributed by atoms with Gasteiger partial charge in [-0.25, -0.2) is 0 Å². The number of esters is 2. The van der Waals surface area contributed by atoms with E-state index in [0.29, 0.717) is 44.5 Å². The molecule has 0 heterocycles. The van der Waals surface area contributed by atoms with Crippen LogP contribution < -0.4 is 0 Å². The van der Waals surface area contributed by atoms with Gasteiger partial charge in [-0.1, -0.05) is 159 Å². The molecule has 3 atom stereocenters. The molecule has 11 heteroatoms. The fraction of sp³-hybridized carbons (Fsp3) is 0.882. The molecule has 0 saturated carbocycles. The molecule has 1 radical (unpaired) electrons. The second kappa shape index (κ2) is 73.8. The van der Waals surface area contributed by atoms with Gasteiger partial charge in [-0.15, -0.1) is 0 Å². The number of carbonyl (C=O) groups is 5. The average molecular weight is 1070 g/mol. The van der Waals surface area contributed by atoms with E-state index in [4.69, 9.17) is 23.7 Å². The predicted octanol–water partition coefficient (Wildman–Crippen LogP) is 13.8. The van der Waals surface area contributed by atoms with Crippen molar-refractivity contribution in [1.29, 1.82) is 0 Å². The van der Waals surface area contributed by atoms with Crippen LogP contribution in [0.1, 0.15) is 224 Å². The second-order valence-electron chi connectivity index (χ2n) is 15.1. The first-order valence-corrected chi connectivity index (χ1v) is 24.2. The van der Waals surface area contributed by atoms with Crippen molar-refractivity contribution in [3.05, 3.63) is 7.43 Å². The Balaban J connectivity index is -0.000000123. The van der Waals surface area contributed by atoms with Gasteiger partial charge in [0.05, 0.1) is 26.2 Å². The van der Waals surface area contributed by atoms with Crippen molar-refractivity contribution in [1.82, 2.24) is 0 Å². The molecule has 0 aromatic heterocycles. The van der Waals surface area contributed by atoms with Crippen LogP contribution in [0, 0.1) is 25.2 Å². The smallest absolute Gasteiger partial charge is 0.465 e. The molecular weight excluding hydrogens is 963 g/mol. The maximum Gasteiger partial charge on any atom is 1.00 e. The molecule has 0 amide bonds. The number of Topliss-reactive ketones (excluding diaryl/α,β-unsaturated/α-hetero) is 1. The van der Waals surface area contributed by atoms with Gasteiger partial charge >= 0.3 is 31.7 Å². The molecule has 3 unspecified atom stereocenters. The standard InChI is InChI=1S/C25H48O5.C9H18O.C6H12O2.C5H12O.C3H6O.C2H6.CH3.Os/c1-6-9-11-12-13-14-16-24(26)29-19-22(18-28-5)17-25(27)30-20-23(15-10-7-2)21(4)8-3;1-2-3-4-5-6-7-8-9-10;1-3-4-8-5-6(2)7;1-3-4-5-6-2;1-2-3-4;1-2;;/h21-23H,6-20H2,1-5H3;9H,2-8H2,1H3;3-5H2,1-2H3;3-5H2,1-2H3;3H,2H2,1H3;1-2H3;1H3;/q;;;;;;-1;+1. The Morgan fingerprint density at radius 1 is 0.581 bits per heavy atom. The molecular formula is C51H105O10Os. The molecule has 0 rings (SSSR count). The van der Waals surface area contributed by atoms with E-state index in [9.17, 15) is 24.0 Å². The van der Waals surface area contributed by atoms with Crippen LogP contribution in [0.2, 0.25) is 0 Å². The molecule has 0 N–H and O–H groups in total. The molecule has 0 saturated heterocycles. The van der Waals surface area contributed by atoms with E-state index in [1.165, 1.54) is 77.6 Å².